The molecule has 3 nitrogen and oxygen atoms in total. The second kappa shape index (κ2) is 5.19. The van der Waals surface area contributed by atoms with Gasteiger partial charge in [0.2, 0.25) is 0 Å². The molecule has 1 aliphatic rings. The van der Waals surface area contributed by atoms with E-state index in [1.54, 1.807) is 0 Å². The molecule has 0 heterocycles. The maximum Gasteiger partial charge on any atom is 0.317 e. The van der Waals surface area contributed by atoms with Crippen molar-refractivity contribution in [2.45, 2.75) is 32.4 Å². The maximum absolute atomic E-state index is 10.8. The number of rotatable bonds is 5. The van der Waals surface area contributed by atoms with Gasteiger partial charge in [-0.05, 0) is 37.0 Å². The van der Waals surface area contributed by atoms with Crippen LogP contribution in [0.1, 0.15) is 24.0 Å². The summed E-state index contributed by atoms with van der Waals surface area (Å²) in [6.45, 7) is 2.88. The molecule has 0 unspecified atom stereocenters. The Morgan fingerprint density at radius 3 is 2.76 bits per heavy atom. The predicted octanol–water partition coefficient (Wildman–Crippen LogP) is 2.81. The minimum Gasteiger partial charge on any atom is -0.480 e. The van der Waals surface area contributed by atoms with Crippen LogP contribution in [-0.4, -0.2) is 28.6 Å². The first kappa shape index (κ1) is 12.6. The van der Waals surface area contributed by atoms with E-state index in [0.29, 0.717) is 12.6 Å². The van der Waals surface area contributed by atoms with Crippen molar-refractivity contribution in [1.82, 2.24) is 4.90 Å². The van der Waals surface area contributed by atoms with E-state index in [9.17, 15) is 4.79 Å². The van der Waals surface area contributed by atoms with Crippen molar-refractivity contribution in [2.24, 2.45) is 0 Å². The van der Waals surface area contributed by atoms with Crippen LogP contribution in [0.5, 0.6) is 0 Å². The van der Waals surface area contributed by atoms with Gasteiger partial charge in [-0.15, -0.1) is 0 Å². The highest BCUT2D eigenvalue weighted by molar-refractivity contribution is 9.10. The summed E-state index contributed by atoms with van der Waals surface area (Å²) in [5, 5.41) is 8.90. The second-order valence-electron chi connectivity index (χ2n) is 4.62. The van der Waals surface area contributed by atoms with Gasteiger partial charge in [-0.25, -0.2) is 0 Å². The van der Waals surface area contributed by atoms with Crippen molar-refractivity contribution in [3.8, 4) is 0 Å². The molecule has 2 rings (SSSR count). The molecule has 0 aliphatic heterocycles. The SMILES string of the molecule is Cc1ccc(CN(CC(=O)O)C2CC2)c(Br)c1. The minimum absolute atomic E-state index is 0.130. The third-order valence-electron chi connectivity index (χ3n) is 2.98. The van der Waals surface area contributed by atoms with Gasteiger partial charge in [-0.3, -0.25) is 9.69 Å². The third-order valence-corrected chi connectivity index (χ3v) is 3.72. The molecule has 0 radical (unpaired) electrons. The summed E-state index contributed by atoms with van der Waals surface area (Å²) in [6.07, 6.45) is 2.24. The molecule has 0 bridgehead atoms. The highest BCUT2D eigenvalue weighted by Crippen LogP contribution is 2.29. The van der Waals surface area contributed by atoms with E-state index in [1.165, 1.54) is 5.56 Å². The van der Waals surface area contributed by atoms with E-state index in [0.717, 1.165) is 22.9 Å². The molecular weight excluding hydrogens is 282 g/mol. The van der Waals surface area contributed by atoms with Crippen LogP contribution in [0.4, 0.5) is 0 Å². The number of carboxylic acid groups (broad SMARTS) is 1. The Labute approximate surface area is 110 Å². The van der Waals surface area contributed by atoms with Crippen LogP contribution in [0.2, 0.25) is 0 Å². The first-order valence-corrected chi connectivity index (χ1v) is 6.56. The molecule has 1 aromatic rings. The van der Waals surface area contributed by atoms with Crippen LogP contribution >= 0.6 is 15.9 Å². The third kappa shape index (κ3) is 3.54. The average molecular weight is 298 g/mol. The minimum atomic E-state index is -0.750. The fraction of sp³-hybridized carbons (Fsp3) is 0.462. The molecule has 0 amide bonds. The number of carboxylic acids is 1. The number of aryl methyl sites for hydroxylation is 1. The van der Waals surface area contributed by atoms with E-state index in [-0.39, 0.29) is 6.54 Å². The van der Waals surface area contributed by atoms with Crippen LogP contribution in [0.15, 0.2) is 22.7 Å². The highest BCUT2D eigenvalue weighted by atomic mass is 79.9. The Morgan fingerprint density at radius 1 is 1.53 bits per heavy atom. The highest BCUT2D eigenvalue weighted by Gasteiger charge is 2.30. The molecule has 0 saturated heterocycles. The summed E-state index contributed by atoms with van der Waals surface area (Å²) in [6, 6.07) is 6.66. The summed E-state index contributed by atoms with van der Waals surface area (Å²) in [4.78, 5) is 12.9. The molecule has 0 aromatic heterocycles. The number of nitrogens with zero attached hydrogens (tertiary/aromatic N) is 1. The van der Waals surface area contributed by atoms with Gasteiger partial charge in [0.05, 0.1) is 6.54 Å². The Kier molecular flexibility index (Phi) is 3.84. The summed E-state index contributed by atoms with van der Waals surface area (Å²) < 4.78 is 1.06. The standard InChI is InChI=1S/C13H16BrNO2/c1-9-2-3-10(12(14)6-9)7-15(8-13(16)17)11-4-5-11/h2-3,6,11H,4-5,7-8H2,1H3,(H,16,17). The second-order valence-corrected chi connectivity index (χ2v) is 5.48. The van der Waals surface area contributed by atoms with E-state index in [1.807, 2.05) is 11.8 Å². The summed E-state index contributed by atoms with van der Waals surface area (Å²) in [5.74, 6) is -0.750. The molecule has 1 N–H and O–H groups in total. The summed E-state index contributed by atoms with van der Waals surface area (Å²) in [5.41, 5.74) is 2.36. The first-order chi connectivity index (χ1) is 8.06. The van der Waals surface area contributed by atoms with E-state index < -0.39 is 5.97 Å². The molecule has 92 valence electrons. The Morgan fingerprint density at radius 2 is 2.24 bits per heavy atom. The van der Waals surface area contributed by atoms with Gasteiger partial charge in [0.25, 0.3) is 0 Å². The zero-order valence-electron chi connectivity index (χ0n) is 9.82. The largest absolute Gasteiger partial charge is 0.480 e. The Bertz CT molecular complexity index is 429. The molecule has 1 fully saturated rings. The first-order valence-electron chi connectivity index (χ1n) is 5.77. The topological polar surface area (TPSA) is 40.5 Å². The van der Waals surface area contributed by atoms with Crippen molar-refractivity contribution in [3.63, 3.8) is 0 Å². The molecule has 1 aromatic carbocycles. The molecule has 0 spiro atoms. The van der Waals surface area contributed by atoms with Crippen molar-refractivity contribution in [2.75, 3.05) is 6.54 Å². The predicted molar refractivity (Wildman–Crippen MR) is 69.9 cm³/mol. The molecule has 1 saturated carbocycles. The Hall–Kier alpha value is -0.870. The number of aliphatic carboxylic acids is 1. The molecule has 1 aliphatic carbocycles. The number of hydrogen-bond donors (Lipinski definition) is 1. The lowest BCUT2D eigenvalue weighted by Gasteiger charge is -2.20. The van der Waals surface area contributed by atoms with Gasteiger partial charge in [-0.2, -0.15) is 0 Å². The van der Waals surface area contributed by atoms with Crippen molar-refractivity contribution < 1.29 is 9.90 Å². The van der Waals surface area contributed by atoms with Gasteiger partial charge < -0.3 is 5.11 Å². The smallest absolute Gasteiger partial charge is 0.317 e. The molecule has 17 heavy (non-hydrogen) atoms. The molecular formula is C13H16BrNO2. The molecule has 4 heteroatoms. The van der Waals surface area contributed by atoms with Gasteiger partial charge >= 0.3 is 5.97 Å². The maximum atomic E-state index is 10.8. The zero-order chi connectivity index (χ0) is 12.4. The monoisotopic (exact) mass is 297 g/mol. The van der Waals surface area contributed by atoms with Crippen LogP contribution in [0.25, 0.3) is 0 Å². The lowest BCUT2D eigenvalue weighted by Crippen LogP contribution is -2.31. The molecule has 0 atom stereocenters. The van der Waals surface area contributed by atoms with Gasteiger partial charge in [0, 0.05) is 17.1 Å². The lowest BCUT2D eigenvalue weighted by atomic mass is 10.1. The summed E-state index contributed by atoms with van der Waals surface area (Å²) >= 11 is 3.54. The normalized spacial score (nSPS) is 15.2. The number of halogens is 1. The van der Waals surface area contributed by atoms with E-state index >= 15 is 0 Å². The summed E-state index contributed by atoms with van der Waals surface area (Å²) in [7, 11) is 0. The Balaban J connectivity index is 2.08. The van der Waals surface area contributed by atoms with Gasteiger partial charge in [0.15, 0.2) is 0 Å². The van der Waals surface area contributed by atoms with Crippen LogP contribution < -0.4 is 0 Å². The lowest BCUT2D eigenvalue weighted by molar-refractivity contribution is -0.138. The van der Waals surface area contributed by atoms with Gasteiger partial charge in [-0.1, -0.05) is 28.1 Å². The van der Waals surface area contributed by atoms with Crippen LogP contribution in [-0.2, 0) is 11.3 Å². The van der Waals surface area contributed by atoms with E-state index in [4.69, 9.17) is 5.11 Å². The van der Waals surface area contributed by atoms with Crippen molar-refractivity contribution >= 4 is 21.9 Å². The quantitative estimate of drug-likeness (QED) is 0.908. The fourth-order valence-corrected chi connectivity index (χ4v) is 2.55. The van der Waals surface area contributed by atoms with Crippen LogP contribution in [0, 0.1) is 6.92 Å². The van der Waals surface area contributed by atoms with Crippen LogP contribution in [0.3, 0.4) is 0 Å². The van der Waals surface area contributed by atoms with Gasteiger partial charge in [0.1, 0.15) is 0 Å². The zero-order valence-corrected chi connectivity index (χ0v) is 11.4. The van der Waals surface area contributed by atoms with Crippen molar-refractivity contribution in [1.29, 1.82) is 0 Å². The van der Waals surface area contributed by atoms with E-state index in [2.05, 4.69) is 34.1 Å². The van der Waals surface area contributed by atoms with Crippen molar-refractivity contribution in [3.05, 3.63) is 33.8 Å². The number of benzene rings is 1. The average Bonchev–Trinajstić information content (AvgIpc) is 3.03. The number of hydrogen-bond acceptors (Lipinski definition) is 2. The number of carbonyl (C=O) groups is 1. The fourth-order valence-electron chi connectivity index (χ4n) is 1.93.